The van der Waals surface area contributed by atoms with Gasteiger partial charge in [-0.05, 0) is 33.1 Å². The van der Waals surface area contributed by atoms with Crippen molar-refractivity contribution in [2.45, 2.75) is 45.1 Å². The minimum Gasteiger partial charge on any atom is -0.484 e. The number of carbonyl (C=O) groups is 1. The summed E-state index contributed by atoms with van der Waals surface area (Å²) < 4.78 is 5.60. The Bertz CT molecular complexity index is 261. The van der Waals surface area contributed by atoms with Crippen molar-refractivity contribution in [3.8, 4) is 0 Å². The van der Waals surface area contributed by atoms with E-state index in [1.54, 1.807) is 0 Å². The lowest BCUT2D eigenvalue weighted by molar-refractivity contribution is -0.127. The van der Waals surface area contributed by atoms with Crippen LogP contribution in [0, 0.1) is 0 Å². The van der Waals surface area contributed by atoms with Gasteiger partial charge in [0, 0.05) is 12.0 Å². The summed E-state index contributed by atoms with van der Waals surface area (Å²) in [5.74, 6) is 1.17. The molecule has 0 N–H and O–H groups in total. The normalized spacial score (nSPS) is 27.0. The van der Waals surface area contributed by atoms with Gasteiger partial charge in [0.1, 0.15) is 5.76 Å². The van der Waals surface area contributed by atoms with Gasteiger partial charge < -0.3 is 4.74 Å². The number of rotatable bonds is 0. The summed E-state index contributed by atoms with van der Waals surface area (Å²) in [6, 6.07) is 0. The molecule has 0 radical (unpaired) electrons. The molecule has 0 aromatic carbocycles. The van der Waals surface area contributed by atoms with Crippen molar-refractivity contribution in [1.29, 1.82) is 0 Å². The van der Waals surface area contributed by atoms with Crippen LogP contribution in [0.1, 0.15) is 39.5 Å². The molecular weight excluding hydrogens is 152 g/mol. The van der Waals surface area contributed by atoms with E-state index in [1.807, 2.05) is 13.8 Å². The van der Waals surface area contributed by atoms with Gasteiger partial charge in [-0.2, -0.15) is 0 Å². The molecule has 1 aliphatic heterocycles. The first-order valence-electron chi connectivity index (χ1n) is 4.57. The van der Waals surface area contributed by atoms with E-state index in [0.717, 1.165) is 30.6 Å². The molecule has 0 spiro atoms. The van der Waals surface area contributed by atoms with Gasteiger partial charge in [0.25, 0.3) is 0 Å². The second kappa shape index (κ2) is 2.35. The van der Waals surface area contributed by atoms with E-state index < -0.39 is 5.60 Å². The lowest BCUT2D eigenvalue weighted by Crippen LogP contribution is -2.29. The fourth-order valence-corrected chi connectivity index (χ4v) is 1.95. The zero-order chi connectivity index (χ0) is 8.77. The Labute approximate surface area is 72.6 Å². The molecule has 1 heterocycles. The highest BCUT2D eigenvalue weighted by molar-refractivity contribution is 6.03. The Hall–Kier alpha value is -0.790. The molecule has 0 atom stereocenters. The first-order chi connectivity index (χ1) is 5.61. The molecule has 0 saturated heterocycles. The molecule has 2 rings (SSSR count). The summed E-state index contributed by atoms with van der Waals surface area (Å²) in [6.45, 7) is 3.71. The van der Waals surface area contributed by atoms with Crippen LogP contribution in [0.3, 0.4) is 0 Å². The van der Waals surface area contributed by atoms with E-state index in [-0.39, 0.29) is 5.78 Å². The van der Waals surface area contributed by atoms with Gasteiger partial charge in [0.2, 0.25) is 5.78 Å². The monoisotopic (exact) mass is 166 g/mol. The smallest absolute Gasteiger partial charge is 0.205 e. The van der Waals surface area contributed by atoms with Gasteiger partial charge in [-0.1, -0.05) is 0 Å². The molecule has 66 valence electrons. The van der Waals surface area contributed by atoms with Crippen LogP contribution >= 0.6 is 0 Å². The Morgan fingerprint density at radius 2 is 1.92 bits per heavy atom. The Balaban J connectivity index is 2.32. The average Bonchev–Trinajstić information content (AvgIpc) is 2.24. The Kier molecular flexibility index (Phi) is 1.53. The van der Waals surface area contributed by atoms with Crippen LogP contribution < -0.4 is 0 Å². The molecule has 0 aromatic heterocycles. The maximum Gasteiger partial charge on any atom is 0.205 e. The molecule has 0 fully saturated rings. The molecule has 0 saturated carbocycles. The lowest BCUT2D eigenvalue weighted by atomic mass is 9.91. The van der Waals surface area contributed by atoms with Crippen LogP contribution in [0.25, 0.3) is 0 Å². The van der Waals surface area contributed by atoms with Crippen LogP contribution in [-0.2, 0) is 9.53 Å². The van der Waals surface area contributed by atoms with E-state index in [0.29, 0.717) is 0 Å². The fourth-order valence-electron chi connectivity index (χ4n) is 1.95. The highest BCUT2D eigenvalue weighted by atomic mass is 16.5. The number of ketones is 1. The van der Waals surface area contributed by atoms with Gasteiger partial charge in [-0.3, -0.25) is 4.79 Å². The van der Waals surface area contributed by atoms with Crippen molar-refractivity contribution in [3.63, 3.8) is 0 Å². The fraction of sp³-hybridized carbons (Fsp3) is 0.700. The maximum atomic E-state index is 11.7. The standard InChI is InChI=1S/C10H14O2/c1-10(2)9(11)7-5-3-4-6-8(7)12-10/h3-6H2,1-2H3. The van der Waals surface area contributed by atoms with Crippen LogP contribution in [0.15, 0.2) is 11.3 Å². The van der Waals surface area contributed by atoms with Crippen LogP contribution in [0.5, 0.6) is 0 Å². The molecule has 0 amide bonds. The van der Waals surface area contributed by atoms with Gasteiger partial charge in [0.15, 0.2) is 5.60 Å². The van der Waals surface area contributed by atoms with Gasteiger partial charge in [-0.25, -0.2) is 0 Å². The molecule has 1 aliphatic carbocycles. The molecule has 0 aromatic rings. The van der Waals surface area contributed by atoms with E-state index in [9.17, 15) is 4.79 Å². The van der Waals surface area contributed by atoms with Crippen molar-refractivity contribution >= 4 is 5.78 Å². The molecule has 2 nitrogen and oxygen atoms in total. The topological polar surface area (TPSA) is 26.3 Å². The quantitative estimate of drug-likeness (QED) is 0.551. The van der Waals surface area contributed by atoms with E-state index >= 15 is 0 Å². The molecule has 12 heavy (non-hydrogen) atoms. The number of hydrogen-bond acceptors (Lipinski definition) is 2. The third-order valence-electron chi connectivity index (χ3n) is 2.62. The largest absolute Gasteiger partial charge is 0.484 e. The van der Waals surface area contributed by atoms with Crippen molar-refractivity contribution in [1.82, 2.24) is 0 Å². The third-order valence-corrected chi connectivity index (χ3v) is 2.62. The summed E-state index contributed by atoms with van der Waals surface area (Å²) in [5, 5.41) is 0. The molecule has 2 aliphatic rings. The van der Waals surface area contributed by atoms with Crippen LogP contribution in [-0.4, -0.2) is 11.4 Å². The molecule has 2 heteroatoms. The van der Waals surface area contributed by atoms with Gasteiger partial charge >= 0.3 is 0 Å². The van der Waals surface area contributed by atoms with E-state index in [2.05, 4.69) is 0 Å². The molecule has 0 unspecified atom stereocenters. The zero-order valence-electron chi connectivity index (χ0n) is 7.64. The second-order valence-electron chi connectivity index (χ2n) is 4.05. The Morgan fingerprint density at radius 3 is 2.58 bits per heavy atom. The second-order valence-corrected chi connectivity index (χ2v) is 4.05. The van der Waals surface area contributed by atoms with Gasteiger partial charge in [-0.15, -0.1) is 0 Å². The number of allylic oxidation sites excluding steroid dienone is 1. The summed E-state index contributed by atoms with van der Waals surface area (Å²) in [7, 11) is 0. The van der Waals surface area contributed by atoms with Crippen molar-refractivity contribution in [2.75, 3.05) is 0 Å². The highest BCUT2D eigenvalue weighted by Crippen LogP contribution is 2.38. The zero-order valence-corrected chi connectivity index (χ0v) is 7.64. The SMILES string of the molecule is CC1(C)OC2=C(CCCC2)C1=O. The van der Waals surface area contributed by atoms with E-state index in [1.165, 1.54) is 6.42 Å². The average molecular weight is 166 g/mol. The van der Waals surface area contributed by atoms with Crippen LogP contribution in [0.4, 0.5) is 0 Å². The van der Waals surface area contributed by atoms with Crippen molar-refractivity contribution in [3.05, 3.63) is 11.3 Å². The first kappa shape index (κ1) is 7.84. The van der Waals surface area contributed by atoms with Crippen molar-refractivity contribution < 1.29 is 9.53 Å². The summed E-state index contributed by atoms with van der Waals surface area (Å²) in [5.41, 5.74) is 0.390. The number of carbonyl (C=O) groups excluding carboxylic acids is 1. The molecular formula is C10H14O2. The predicted octanol–water partition coefficient (Wildman–Crippen LogP) is 2.19. The minimum atomic E-state index is -0.574. The van der Waals surface area contributed by atoms with Gasteiger partial charge in [0.05, 0.1) is 0 Å². The summed E-state index contributed by atoms with van der Waals surface area (Å²) in [4.78, 5) is 11.7. The number of ether oxygens (including phenoxy) is 1. The highest BCUT2D eigenvalue weighted by Gasteiger charge is 2.41. The lowest BCUT2D eigenvalue weighted by Gasteiger charge is -2.17. The number of hydrogen-bond donors (Lipinski definition) is 0. The summed E-state index contributed by atoms with van der Waals surface area (Å²) in [6.07, 6.45) is 4.20. The Morgan fingerprint density at radius 1 is 1.25 bits per heavy atom. The third kappa shape index (κ3) is 0.977. The number of Topliss-reactive ketones (excluding diaryl/α,β-unsaturated/α-hetero) is 1. The van der Waals surface area contributed by atoms with Crippen LogP contribution in [0.2, 0.25) is 0 Å². The van der Waals surface area contributed by atoms with Crippen molar-refractivity contribution in [2.24, 2.45) is 0 Å². The van der Waals surface area contributed by atoms with E-state index in [4.69, 9.17) is 4.74 Å². The predicted molar refractivity (Wildman–Crippen MR) is 45.7 cm³/mol. The first-order valence-corrected chi connectivity index (χ1v) is 4.57. The maximum absolute atomic E-state index is 11.7. The molecule has 0 bridgehead atoms. The summed E-state index contributed by atoms with van der Waals surface area (Å²) >= 11 is 0. The minimum absolute atomic E-state index is 0.206.